The van der Waals surface area contributed by atoms with E-state index < -0.39 is 0 Å². The number of halogens is 1. The van der Waals surface area contributed by atoms with Crippen molar-refractivity contribution in [2.45, 2.75) is 33.1 Å². The van der Waals surface area contributed by atoms with Crippen LogP contribution in [0, 0.1) is 0 Å². The van der Waals surface area contributed by atoms with Crippen molar-refractivity contribution in [2.75, 3.05) is 13.1 Å². The minimum absolute atomic E-state index is 0. The predicted octanol–water partition coefficient (Wildman–Crippen LogP) is 4.66. The molecule has 2 aromatic rings. The third kappa shape index (κ3) is 3.06. The number of nitrogens with one attached hydrogen (secondary N) is 1. The van der Waals surface area contributed by atoms with Crippen molar-refractivity contribution in [3.8, 4) is 0 Å². The molecular formula is C20H23ClN2. The first kappa shape index (κ1) is 16.2. The fraction of sp³-hybridized carbons (Fsp3) is 0.350. The number of hydrogen-bond acceptors (Lipinski definition) is 2. The summed E-state index contributed by atoms with van der Waals surface area (Å²) < 4.78 is 0. The summed E-state index contributed by atoms with van der Waals surface area (Å²) in [6.07, 6.45) is 6.19. The molecule has 1 saturated heterocycles. The van der Waals surface area contributed by atoms with Gasteiger partial charge in [-0.2, -0.15) is 0 Å². The summed E-state index contributed by atoms with van der Waals surface area (Å²) in [6, 6.07) is 10.6. The quantitative estimate of drug-likeness (QED) is 0.762. The molecule has 3 heteroatoms. The zero-order valence-corrected chi connectivity index (χ0v) is 13.3. The molecule has 1 aromatic carbocycles. The van der Waals surface area contributed by atoms with E-state index in [9.17, 15) is 0 Å². The molecule has 1 fully saturated rings. The molecule has 0 bridgehead atoms. The Morgan fingerprint density at radius 1 is 0.957 bits per heavy atom. The molecular weight excluding hydrogens is 304 g/mol. The Morgan fingerprint density at radius 3 is 2.57 bits per heavy atom. The van der Waals surface area contributed by atoms with Crippen LogP contribution >= 0.6 is 11.6 Å². The van der Waals surface area contributed by atoms with Crippen molar-refractivity contribution >= 4 is 17.2 Å². The lowest BCUT2D eigenvalue weighted by Crippen LogP contribution is -2.24. The minimum Gasteiger partial charge on any atom is -0.316 e. The van der Waals surface area contributed by atoms with Gasteiger partial charge in [0, 0.05) is 16.8 Å². The van der Waals surface area contributed by atoms with Gasteiger partial charge in [0.2, 0.25) is 0 Å². The minimum atomic E-state index is 0. The average molecular weight is 327 g/mol. The van der Waals surface area contributed by atoms with E-state index in [1.54, 1.807) is 0 Å². The zero-order chi connectivity index (χ0) is 14.9. The van der Waals surface area contributed by atoms with E-state index in [1.165, 1.54) is 33.5 Å². The molecule has 1 N–H and O–H groups in total. The summed E-state index contributed by atoms with van der Waals surface area (Å²) in [4.78, 5) is 4.75. The summed E-state index contributed by atoms with van der Waals surface area (Å²) in [7, 11) is 0. The Hall–Kier alpha value is -1.64. The normalized spacial score (nSPS) is 16.9. The van der Waals surface area contributed by atoms with E-state index in [4.69, 9.17) is 16.6 Å². The average Bonchev–Trinajstić information content (AvgIpc) is 2.72. The molecule has 2 heterocycles. The van der Waals surface area contributed by atoms with E-state index in [-0.39, 0.29) is 7.43 Å². The van der Waals surface area contributed by atoms with Gasteiger partial charge in [-0.05, 0) is 73.7 Å². The van der Waals surface area contributed by atoms with Crippen molar-refractivity contribution < 1.29 is 0 Å². The lowest BCUT2D eigenvalue weighted by atomic mass is 9.89. The second kappa shape index (κ2) is 6.86. The molecule has 0 atom stereocenters. The van der Waals surface area contributed by atoms with Crippen molar-refractivity contribution in [3.63, 3.8) is 0 Å². The van der Waals surface area contributed by atoms with Crippen LogP contribution in [0.1, 0.15) is 42.7 Å². The lowest BCUT2D eigenvalue weighted by Gasteiger charge is -2.21. The van der Waals surface area contributed by atoms with Crippen molar-refractivity contribution in [3.05, 3.63) is 69.5 Å². The number of benzene rings is 1. The lowest BCUT2D eigenvalue weighted by molar-refractivity contribution is 0.611. The maximum absolute atomic E-state index is 6.23. The molecule has 0 radical (unpaired) electrons. The van der Waals surface area contributed by atoms with Crippen LogP contribution in [0.4, 0.5) is 0 Å². The van der Waals surface area contributed by atoms with Gasteiger partial charge in [0.15, 0.2) is 0 Å². The van der Waals surface area contributed by atoms with Crippen LogP contribution in [0.2, 0.25) is 5.02 Å². The van der Waals surface area contributed by atoms with Crippen LogP contribution < -0.4 is 5.32 Å². The van der Waals surface area contributed by atoms with Gasteiger partial charge in [-0.3, -0.25) is 4.98 Å². The van der Waals surface area contributed by atoms with Crippen LogP contribution in [0.15, 0.2) is 42.1 Å². The van der Waals surface area contributed by atoms with Gasteiger partial charge in [-0.1, -0.05) is 36.7 Å². The zero-order valence-electron chi connectivity index (χ0n) is 12.5. The number of rotatable bonds is 0. The summed E-state index contributed by atoms with van der Waals surface area (Å²) in [6.45, 7) is 2.12. The smallest absolute Gasteiger partial charge is 0.0739 e. The summed E-state index contributed by atoms with van der Waals surface area (Å²) in [5.41, 5.74) is 8.12. The molecule has 0 spiro atoms. The van der Waals surface area contributed by atoms with Gasteiger partial charge in [-0.15, -0.1) is 0 Å². The Morgan fingerprint density at radius 2 is 1.74 bits per heavy atom. The second-order valence-corrected chi connectivity index (χ2v) is 6.48. The number of aryl methyl sites for hydroxylation is 2. The van der Waals surface area contributed by atoms with E-state index >= 15 is 0 Å². The molecule has 1 aliphatic carbocycles. The van der Waals surface area contributed by atoms with Crippen LogP contribution in [0.3, 0.4) is 0 Å². The predicted molar refractivity (Wildman–Crippen MR) is 98.0 cm³/mol. The Labute approximate surface area is 143 Å². The van der Waals surface area contributed by atoms with E-state index in [2.05, 4.69) is 23.5 Å². The van der Waals surface area contributed by atoms with E-state index in [1.807, 2.05) is 18.3 Å². The molecule has 1 aromatic heterocycles. The summed E-state index contributed by atoms with van der Waals surface area (Å²) in [5.74, 6) is 0. The molecule has 23 heavy (non-hydrogen) atoms. The maximum atomic E-state index is 6.23. The number of hydrogen-bond donors (Lipinski definition) is 1. The highest BCUT2D eigenvalue weighted by Gasteiger charge is 2.23. The Balaban J connectivity index is 0.00000156. The molecule has 4 rings (SSSR count). The maximum Gasteiger partial charge on any atom is 0.0739 e. The second-order valence-electron chi connectivity index (χ2n) is 6.04. The Bertz CT molecular complexity index is 741. The number of fused-ring (bicyclic) bond motifs is 2. The van der Waals surface area contributed by atoms with Gasteiger partial charge in [-0.25, -0.2) is 0 Å². The topological polar surface area (TPSA) is 24.9 Å². The third-order valence-electron chi connectivity index (χ3n) is 4.69. The van der Waals surface area contributed by atoms with E-state index in [0.29, 0.717) is 0 Å². The van der Waals surface area contributed by atoms with Crippen molar-refractivity contribution in [1.82, 2.24) is 10.3 Å². The number of aromatic nitrogens is 1. The first-order chi connectivity index (χ1) is 10.8. The van der Waals surface area contributed by atoms with E-state index in [0.717, 1.165) is 43.8 Å². The highest BCUT2D eigenvalue weighted by molar-refractivity contribution is 6.30. The van der Waals surface area contributed by atoms with Crippen molar-refractivity contribution in [1.29, 1.82) is 0 Å². The molecule has 0 unspecified atom stereocenters. The SMILES string of the molecule is C.Clc1ccc2c(c1)CCc1cccnc1C2=C1CCNCC1. The first-order valence-corrected chi connectivity index (χ1v) is 8.36. The first-order valence-electron chi connectivity index (χ1n) is 7.99. The fourth-order valence-electron chi connectivity index (χ4n) is 3.61. The molecule has 0 saturated carbocycles. The number of nitrogens with zero attached hydrogens (tertiary/aromatic N) is 1. The highest BCUT2D eigenvalue weighted by Crippen LogP contribution is 2.37. The standard InChI is InChI=1S/C19H19ClN2.CH4/c20-16-5-6-17-15(12-16)4-3-14-2-1-9-22-19(14)18(17)13-7-10-21-11-8-13;/h1-2,5-6,9,12,21H,3-4,7-8,10-11H2;1H4. The monoisotopic (exact) mass is 326 g/mol. The summed E-state index contributed by atoms with van der Waals surface area (Å²) >= 11 is 6.23. The highest BCUT2D eigenvalue weighted by atomic mass is 35.5. The molecule has 2 nitrogen and oxygen atoms in total. The number of pyridine rings is 1. The van der Waals surface area contributed by atoms with Gasteiger partial charge in [0.25, 0.3) is 0 Å². The van der Waals surface area contributed by atoms with Crippen LogP contribution in [0.25, 0.3) is 5.57 Å². The van der Waals surface area contributed by atoms with Crippen molar-refractivity contribution in [2.24, 2.45) is 0 Å². The Kier molecular flexibility index (Phi) is 4.84. The largest absolute Gasteiger partial charge is 0.316 e. The van der Waals surface area contributed by atoms with Gasteiger partial charge in [0.1, 0.15) is 0 Å². The van der Waals surface area contributed by atoms with Gasteiger partial charge in [0.05, 0.1) is 5.69 Å². The van der Waals surface area contributed by atoms with Crippen LogP contribution in [-0.2, 0) is 12.8 Å². The summed E-state index contributed by atoms with van der Waals surface area (Å²) in [5, 5.41) is 4.28. The molecule has 2 aliphatic rings. The fourth-order valence-corrected chi connectivity index (χ4v) is 3.81. The molecule has 0 amide bonds. The van der Waals surface area contributed by atoms with Crippen LogP contribution in [0.5, 0.6) is 0 Å². The molecule has 1 aliphatic heterocycles. The van der Waals surface area contributed by atoms with Gasteiger partial charge >= 0.3 is 0 Å². The van der Waals surface area contributed by atoms with Crippen LogP contribution in [-0.4, -0.2) is 18.1 Å². The third-order valence-corrected chi connectivity index (χ3v) is 4.92. The molecule has 120 valence electrons. The van der Waals surface area contributed by atoms with Gasteiger partial charge < -0.3 is 5.32 Å². The number of piperidine rings is 1.